The Hall–Kier alpha value is -3.90. The van der Waals surface area contributed by atoms with Gasteiger partial charge in [-0.3, -0.25) is 4.72 Å². The topological polar surface area (TPSA) is 134 Å². The van der Waals surface area contributed by atoms with Crippen LogP contribution in [-0.2, 0) is 19.9 Å². The molecule has 3 aliphatic rings. The van der Waals surface area contributed by atoms with Crippen molar-refractivity contribution in [3.8, 4) is 21.8 Å². The fraction of sp³-hybridized carbons (Fsp3) is 0.387. The second kappa shape index (κ2) is 12.5. The lowest BCUT2D eigenvalue weighted by Gasteiger charge is -2.38. The predicted molar refractivity (Wildman–Crippen MR) is 174 cm³/mol. The van der Waals surface area contributed by atoms with Gasteiger partial charge in [0.2, 0.25) is 5.95 Å². The zero-order valence-corrected chi connectivity index (χ0v) is 28.0. The highest BCUT2D eigenvalue weighted by Gasteiger charge is 2.50. The quantitative estimate of drug-likeness (QED) is 0.202. The van der Waals surface area contributed by atoms with E-state index < -0.39 is 65.9 Å². The number of sulfone groups is 1. The smallest absolute Gasteiger partial charge is 0.267 e. The molecule has 3 saturated heterocycles. The minimum atomic E-state index is -4.92. The molecule has 2 atom stereocenters. The van der Waals surface area contributed by atoms with E-state index in [0.29, 0.717) is 41.4 Å². The predicted octanol–water partition coefficient (Wildman–Crippen LogP) is 6.24. The van der Waals surface area contributed by atoms with Crippen LogP contribution in [0.3, 0.4) is 0 Å². The first-order chi connectivity index (χ1) is 23.2. The van der Waals surface area contributed by atoms with Gasteiger partial charge in [0.25, 0.3) is 15.9 Å². The van der Waals surface area contributed by atoms with Crippen molar-refractivity contribution in [2.75, 3.05) is 26.4 Å². The number of fused-ring (bicyclic) bond motifs is 2. The normalized spacial score (nSPS) is 21.9. The number of piperidine rings is 1. The zero-order chi connectivity index (χ0) is 34.7. The Kier molecular flexibility index (Phi) is 8.54. The molecule has 0 saturated carbocycles. The number of halogens is 5. The summed E-state index contributed by atoms with van der Waals surface area (Å²) < 4.78 is 126. The van der Waals surface area contributed by atoms with E-state index >= 15 is 4.39 Å². The van der Waals surface area contributed by atoms with Gasteiger partial charge in [0, 0.05) is 42.7 Å². The molecule has 260 valence electrons. The molecule has 5 heterocycles. The Balaban J connectivity index is 1.28. The van der Waals surface area contributed by atoms with Crippen LogP contribution in [0.4, 0.5) is 38.7 Å². The summed E-state index contributed by atoms with van der Waals surface area (Å²) >= 11 is 1.11. The van der Waals surface area contributed by atoms with Gasteiger partial charge in [-0.25, -0.2) is 53.7 Å². The van der Waals surface area contributed by atoms with Crippen LogP contribution in [0, 0.1) is 17.5 Å². The molecule has 3 fully saturated rings. The van der Waals surface area contributed by atoms with E-state index in [-0.39, 0.29) is 47.6 Å². The number of thiazole rings is 1. The van der Waals surface area contributed by atoms with Crippen molar-refractivity contribution >= 4 is 48.0 Å². The van der Waals surface area contributed by atoms with Crippen LogP contribution >= 0.6 is 11.3 Å². The number of hydrogen-bond donors (Lipinski definition) is 2. The lowest BCUT2D eigenvalue weighted by Crippen LogP contribution is -2.47. The van der Waals surface area contributed by atoms with Crippen LogP contribution in [0.15, 0.2) is 53.6 Å². The standard InChI is InChI=1S/C31H29F5N6O4S3/c32-21-4-2-5-22(33)28(21)49(45,46)41-23-6-1-3-20(25(23)34)26-27(47-30(40-26)42-18-7-8-19(42)16-31(35,36)15-18)24-9-12-37-29(39-24)38-17-10-13-48(43,44)14-11-17/h1-6,9,12,17-19,41H,7-8,10-11,13-16H2,(H,37,38,39). The molecule has 3 aliphatic heterocycles. The van der Waals surface area contributed by atoms with E-state index in [1.54, 1.807) is 6.07 Å². The maximum atomic E-state index is 16.3. The van der Waals surface area contributed by atoms with Crippen LogP contribution in [-0.4, -0.2) is 67.3 Å². The van der Waals surface area contributed by atoms with Gasteiger partial charge in [-0.2, -0.15) is 0 Å². The summed E-state index contributed by atoms with van der Waals surface area (Å²) in [5.74, 6) is -6.41. The third-order valence-corrected chi connectivity index (χ3v) is 13.2. The van der Waals surface area contributed by atoms with Crippen molar-refractivity contribution in [2.45, 2.75) is 67.5 Å². The molecule has 7 rings (SSSR count). The largest absolute Gasteiger partial charge is 0.351 e. The first-order valence-corrected chi connectivity index (χ1v) is 19.5. The van der Waals surface area contributed by atoms with Gasteiger partial charge >= 0.3 is 0 Å². The average Bonchev–Trinajstić information content (AvgIpc) is 3.58. The van der Waals surface area contributed by atoms with Gasteiger partial charge in [-0.05, 0) is 56.0 Å². The summed E-state index contributed by atoms with van der Waals surface area (Å²) in [6.45, 7) is 0. The number of alkyl halides is 2. The Bertz CT molecular complexity index is 2100. The molecule has 0 aliphatic carbocycles. The molecule has 2 unspecified atom stereocenters. The van der Waals surface area contributed by atoms with Gasteiger partial charge in [0.15, 0.2) is 15.8 Å². The summed E-state index contributed by atoms with van der Waals surface area (Å²) in [4.78, 5) is 14.5. The first-order valence-electron chi connectivity index (χ1n) is 15.4. The Morgan fingerprint density at radius 1 is 0.898 bits per heavy atom. The van der Waals surface area contributed by atoms with E-state index in [0.717, 1.165) is 35.6 Å². The van der Waals surface area contributed by atoms with Gasteiger partial charge in [-0.1, -0.05) is 23.5 Å². The zero-order valence-electron chi connectivity index (χ0n) is 25.5. The Morgan fingerprint density at radius 2 is 1.55 bits per heavy atom. The molecular weight excluding hydrogens is 712 g/mol. The number of aromatic nitrogens is 3. The van der Waals surface area contributed by atoms with E-state index in [1.165, 1.54) is 18.3 Å². The van der Waals surface area contributed by atoms with Crippen LogP contribution in [0.25, 0.3) is 21.8 Å². The monoisotopic (exact) mass is 740 g/mol. The number of anilines is 3. The third-order valence-electron chi connectivity index (χ3n) is 8.99. The molecule has 0 spiro atoms. The minimum absolute atomic E-state index is 0.0207. The van der Waals surface area contributed by atoms with Crippen molar-refractivity contribution in [1.29, 1.82) is 0 Å². The first kappa shape index (κ1) is 33.6. The van der Waals surface area contributed by atoms with Gasteiger partial charge in [0.05, 0.1) is 33.5 Å². The molecule has 18 heteroatoms. The SMILES string of the molecule is O=S1(=O)CCC(Nc2nccc(-c3sc(N4C5CCC4CC(F)(F)C5)nc3-c3cccc(NS(=O)(=O)c4c(F)cccc4F)c3F)n2)CC1. The van der Waals surface area contributed by atoms with Crippen molar-refractivity contribution in [3.63, 3.8) is 0 Å². The molecule has 2 aromatic carbocycles. The highest BCUT2D eigenvalue weighted by atomic mass is 32.2. The fourth-order valence-electron chi connectivity index (χ4n) is 6.72. The second-order valence-electron chi connectivity index (χ2n) is 12.4. The third kappa shape index (κ3) is 6.69. The van der Waals surface area contributed by atoms with Crippen LogP contribution in [0.2, 0.25) is 0 Å². The lowest BCUT2D eigenvalue weighted by atomic mass is 9.99. The van der Waals surface area contributed by atoms with Crippen LogP contribution in [0.5, 0.6) is 0 Å². The summed E-state index contributed by atoms with van der Waals surface area (Å²) in [5.41, 5.74) is -0.434. The number of hydrogen-bond acceptors (Lipinski definition) is 10. The molecule has 2 bridgehead atoms. The maximum absolute atomic E-state index is 16.3. The summed E-state index contributed by atoms with van der Waals surface area (Å²) in [7, 11) is -8.03. The number of nitrogens with one attached hydrogen (secondary N) is 2. The van der Waals surface area contributed by atoms with Crippen molar-refractivity contribution in [3.05, 3.63) is 66.1 Å². The molecule has 0 amide bonds. The molecule has 2 N–H and O–H groups in total. The number of nitrogens with zero attached hydrogens (tertiary/aromatic N) is 4. The van der Waals surface area contributed by atoms with Crippen molar-refractivity contribution in [1.82, 2.24) is 15.0 Å². The molecule has 2 aromatic heterocycles. The van der Waals surface area contributed by atoms with E-state index in [4.69, 9.17) is 4.98 Å². The van der Waals surface area contributed by atoms with E-state index in [1.807, 2.05) is 9.62 Å². The van der Waals surface area contributed by atoms with Crippen LogP contribution in [0.1, 0.15) is 38.5 Å². The van der Waals surface area contributed by atoms with Crippen LogP contribution < -0.4 is 14.9 Å². The Labute approximate surface area is 282 Å². The van der Waals surface area contributed by atoms with Gasteiger partial charge in [0.1, 0.15) is 21.5 Å². The Morgan fingerprint density at radius 3 is 2.22 bits per heavy atom. The molecular formula is C31H29F5N6O4S3. The lowest BCUT2D eigenvalue weighted by molar-refractivity contribution is -0.0357. The van der Waals surface area contributed by atoms with Gasteiger partial charge in [-0.15, -0.1) is 0 Å². The van der Waals surface area contributed by atoms with Gasteiger partial charge < -0.3 is 10.2 Å². The highest BCUT2D eigenvalue weighted by molar-refractivity contribution is 7.92. The average molecular weight is 741 g/mol. The molecule has 49 heavy (non-hydrogen) atoms. The second-order valence-corrected chi connectivity index (χ2v) is 17.3. The number of rotatable bonds is 8. The highest BCUT2D eigenvalue weighted by Crippen LogP contribution is 2.49. The maximum Gasteiger partial charge on any atom is 0.267 e. The van der Waals surface area contributed by atoms with Crippen molar-refractivity contribution < 1.29 is 38.8 Å². The summed E-state index contributed by atoms with van der Waals surface area (Å²) in [6.07, 6.45) is 2.53. The number of benzene rings is 2. The van der Waals surface area contributed by atoms with E-state index in [9.17, 15) is 34.4 Å². The summed E-state index contributed by atoms with van der Waals surface area (Å²) in [5, 5.41) is 3.51. The molecule has 10 nitrogen and oxygen atoms in total. The summed E-state index contributed by atoms with van der Waals surface area (Å²) in [6, 6.07) is 6.66. The van der Waals surface area contributed by atoms with E-state index in [2.05, 4.69) is 15.3 Å². The molecule has 0 radical (unpaired) electrons. The minimum Gasteiger partial charge on any atom is -0.351 e. The fourth-order valence-corrected chi connectivity index (χ4v) is 10.6. The number of sulfonamides is 1. The van der Waals surface area contributed by atoms with Crippen molar-refractivity contribution in [2.24, 2.45) is 0 Å². The molecule has 4 aromatic rings.